The molecule has 1 rings (SSSR count). The second-order valence-corrected chi connectivity index (χ2v) is 6.21. The van der Waals surface area contributed by atoms with E-state index < -0.39 is 10.0 Å². The zero-order valence-corrected chi connectivity index (χ0v) is 11.6. The van der Waals surface area contributed by atoms with Gasteiger partial charge in [0.25, 0.3) is 0 Å². The molecule has 0 radical (unpaired) electrons. The quantitative estimate of drug-likeness (QED) is 0.595. The summed E-state index contributed by atoms with van der Waals surface area (Å²) in [5.74, 6) is 0.00626. The molecule has 0 fully saturated rings. The fourth-order valence-electron chi connectivity index (χ4n) is 1.44. The second-order valence-electron chi connectivity index (χ2n) is 4.01. The van der Waals surface area contributed by atoms with Crippen molar-refractivity contribution in [2.45, 2.75) is 13.5 Å². The molecule has 102 valence electrons. The van der Waals surface area contributed by atoms with E-state index in [0.29, 0.717) is 18.8 Å². The van der Waals surface area contributed by atoms with Crippen molar-refractivity contribution >= 4 is 15.7 Å². The van der Waals surface area contributed by atoms with Gasteiger partial charge in [-0.15, -0.1) is 0 Å². The van der Waals surface area contributed by atoms with Gasteiger partial charge in [-0.25, -0.2) is 12.7 Å². The molecule has 0 aliphatic carbocycles. The highest BCUT2D eigenvalue weighted by molar-refractivity contribution is 7.89. The van der Waals surface area contributed by atoms with Crippen LogP contribution in [0.25, 0.3) is 0 Å². The minimum absolute atomic E-state index is 0.00626. The molecule has 0 aromatic heterocycles. The fourth-order valence-corrected chi connectivity index (χ4v) is 2.43. The van der Waals surface area contributed by atoms with Crippen LogP contribution in [0.5, 0.6) is 0 Å². The monoisotopic (exact) mass is 272 g/mol. The zero-order chi connectivity index (χ0) is 13.6. The Balaban J connectivity index is 2.58. The summed E-state index contributed by atoms with van der Waals surface area (Å²) in [6, 6.07) is 7.17. The summed E-state index contributed by atoms with van der Waals surface area (Å²) in [5.41, 5.74) is 7.15. The molecule has 2 N–H and O–H groups in total. The van der Waals surface area contributed by atoms with Crippen LogP contribution in [0, 0.1) is 0 Å². The largest absolute Gasteiger partial charge is 0.399 e. The minimum Gasteiger partial charge on any atom is -0.399 e. The van der Waals surface area contributed by atoms with Crippen molar-refractivity contribution in [2.75, 3.05) is 31.7 Å². The molecule has 0 amide bonds. The third-order valence-electron chi connectivity index (χ3n) is 2.55. The van der Waals surface area contributed by atoms with Crippen molar-refractivity contribution in [3.8, 4) is 0 Å². The first-order valence-corrected chi connectivity index (χ1v) is 7.43. The van der Waals surface area contributed by atoms with Crippen LogP contribution in [-0.2, 0) is 21.3 Å². The maximum atomic E-state index is 11.9. The Morgan fingerprint density at radius 3 is 2.44 bits per heavy atom. The highest BCUT2D eigenvalue weighted by Crippen LogP contribution is 2.10. The molecule has 1 aromatic rings. The number of nitrogens with two attached hydrogens (primary N) is 1. The van der Waals surface area contributed by atoms with Crippen LogP contribution in [-0.4, -0.2) is 38.7 Å². The lowest BCUT2D eigenvalue weighted by molar-refractivity contribution is 0.162. The van der Waals surface area contributed by atoms with E-state index in [1.165, 1.54) is 4.31 Å². The summed E-state index contributed by atoms with van der Waals surface area (Å²) in [6.07, 6.45) is 0. The van der Waals surface area contributed by atoms with Gasteiger partial charge in [0.1, 0.15) is 0 Å². The number of benzene rings is 1. The molecule has 5 nitrogen and oxygen atoms in total. The first-order valence-electron chi connectivity index (χ1n) is 5.82. The Hall–Kier alpha value is -1.11. The average molecular weight is 272 g/mol. The molecule has 0 bridgehead atoms. The average Bonchev–Trinajstić information content (AvgIpc) is 2.32. The standard InChI is InChI=1S/C12H20N2O3S/c1-3-17-8-9-18(15,16)14(2)10-11-4-6-12(13)7-5-11/h4-7H,3,8-10,13H2,1-2H3. The molecule has 18 heavy (non-hydrogen) atoms. The summed E-state index contributed by atoms with van der Waals surface area (Å²) in [6.45, 7) is 2.93. The van der Waals surface area contributed by atoms with E-state index in [1.807, 2.05) is 19.1 Å². The van der Waals surface area contributed by atoms with Crippen molar-refractivity contribution in [1.82, 2.24) is 4.31 Å². The van der Waals surface area contributed by atoms with Gasteiger partial charge in [-0.1, -0.05) is 12.1 Å². The Kier molecular flexibility index (Phi) is 5.58. The first kappa shape index (κ1) is 14.9. The van der Waals surface area contributed by atoms with E-state index in [-0.39, 0.29) is 12.4 Å². The van der Waals surface area contributed by atoms with Crippen LogP contribution in [0.1, 0.15) is 12.5 Å². The lowest BCUT2D eigenvalue weighted by Crippen LogP contribution is -2.30. The van der Waals surface area contributed by atoms with E-state index in [0.717, 1.165) is 5.56 Å². The first-order chi connectivity index (χ1) is 8.45. The lowest BCUT2D eigenvalue weighted by atomic mass is 10.2. The van der Waals surface area contributed by atoms with Crippen molar-refractivity contribution in [3.63, 3.8) is 0 Å². The molecule has 0 aliphatic heterocycles. The summed E-state index contributed by atoms with van der Waals surface area (Å²) in [7, 11) is -1.70. The van der Waals surface area contributed by atoms with E-state index in [2.05, 4.69) is 0 Å². The summed E-state index contributed by atoms with van der Waals surface area (Å²) < 4.78 is 30.2. The maximum absolute atomic E-state index is 11.9. The van der Waals surface area contributed by atoms with Crippen LogP contribution >= 0.6 is 0 Å². The number of sulfonamides is 1. The van der Waals surface area contributed by atoms with Gasteiger partial charge in [-0.2, -0.15) is 0 Å². The van der Waals surface area contributed by atoms with E-state index >= 15 is 0 Å². The molecule has 0 atom stereocenters. The predicted octanol–water partition coefficient (Wildman–Crippen LogP) is 1.07. The molecule has 0 spiro atoms. The molecule has 0 aliphatic rings. The van der Waals surface area contributed by atoms with Crippen LogP contribution in [0.15, 0.2) is 24.3 Å². The minimum atomic E-state index is -3.26. The predicted molar refractivity (Wildman–Crippen MR) is 72.6 cm³/mol. The Morgan fingerprint density at radius 1 is 1.28 bits per heavy atom. The topological polar surface area (TPSA) is 72.6 Å². The van der Waals surface area contributed by atoms with Gasteiger partial charge in [0.15, 0.2) is 0 Å². The van der Waals surface area contributed by atoms with E-state index in [9.17, 15) is 8.42 Å². The molecule has 0 heterocycles. The SMILES string of the molecule is CCOCCS(=O)(=O)N(C)Cc1ccc(N)cc1. The number of rotatable bonds is 7. The van der Waals surface area contributed by atoms with Gasteiger partial charge in [-0.3, -0.25) is 0 Å². The third-order valence-corrected chi connectivity index (χ3v) is 4.31. The van der Waals surface area contributed by atoms with Gasteiger partial charge in [-0.05, 0) is 24.6 Å². The Bertz CT molecular complexity index is 457. The summed E-state index contributed by atoms with van der Waals surface area (Å²) in [5, 5.41) is 0. The smallest absolute Gasteiger partial charge is 0.216 e. The number of nitrogens with zero attached hydrogens (tertiary/aromatic N) is 1. The number of anilines is 1. The fraction of sp³-hybridized carbons (Fsp3) is 0.500. The van der Waals surface area contributed by atoms with Crippen molar-refractivity contribution in [2.24, 2.45) is 0 Å². The molecular formula is C12H20N2O3S. The van der Waals surface area contributed by atoms with E-state index in [4.69, 9.17) is 10.5 Å². The molecule has 1 aromatic carbocycles. The lowest BCUT2D eigenvalue weighted by Gasteiger charge is -2.17. The molecule has 0 saturated carbocycles. The third kappa shape index (κ3) is 4.64. The molecule has 0 saturated heterocycles. The highest BCUT2D eigenvalue weighted by atomic mass is 32.2. The van der Waals surface area contributed by atoms with Crippen molar-refractivity contribution in [3.05, 3.63) is 29.8 Å². The zero-order valence-electron chi connectivity index (χ0n) is 10.8. The molecular weight excluding hydrogens is 252 g/mol. The number of nitrogen functional groups attached to an aromatic ring is 1. The van der Waals surface area contributed by atoms with Gasteiger partial charge in [0.2, 0.25) is 10.0 Å². The van der Waals surface area contributed by atoms with Gasteiger partial charge < -0.3 is 10.5 Å². The Morgan fingerprint density at radius 2 is 1.89 bits per heavy atom. The van der Waals surface area contributed by atoms with Crippen LogP contribution in [0.2, 0.25) is 0 Å². The van der Waals surface area contributed by atoms with E-state index in [1.54, 1.807) is 19.2 Å². The summed E-state index contributed by atoms with van der Waals surface area (Å²) >= 11 is 0. The number of hydrogen-bond acceptors (Lipinski definition) is 4. The number of hydrogen-bond donors (Lipinski definition) is 1. The van der Waals surface area contributed by atoms with Crippen molar-refractivity contribution in [1.29, 1.82) is 0 Å². The summed E-state index contributed by atoms with van der Waals surface area (Å²) in [4.78, 5) is 0. The van der Waals surface area contributed by atoms with Crippen molar-refractivity contribution < 1.29 is 13.2 Å². The highest BCUT2D eigenvalue weighted by Gasteiger charge is 2.17. The Labute approximate surface area is 109 Å². The van der Waals surface area contributed by atoms with Crippen LogP contribution in [0.4, 0.5) is 5.69 Å². The normalized spacial score (nSPS) is 11.9. The molecule has 0 unspecified atom stereocenters. The van der Waals surface area contributed by atoms with Crippen LogP contribution in [0.3, 0.4) is 0 Å². The second kappa shape index (κ2) is 6.72. The van der Waals surface area contributed by atoms with Gasteiger partial charge in [0, 0.05) is 25.9 Å². The van der Waals surface area contributed by atoms with Gasteiger partial charge >= 0.3 is 0 Å². The molecule has 6 heteroatoms. The van der Waals surface area contributed by atoms with Crippen LogP contribution < -0.4 is 5.73 Å². The maximum Gasteiger partial charge on any atom is 0.216 e. The van der Waals surface area contributed by atoms with Gasteiger partial charge in [0.05, 0.1) is 12.4 Å². The number of ether oxygens (including phenoxy) is 1.